The molecule has 0 radical (unpaired) electrons. The second-order valence-corrected chi connectivity index (χ2v) is 8.72. The quantitative estimate of drug-likeness (QED) is 0.574. The van der Waals surface area contributed by atoms with Gasteiger partial charge in [0.15, 0.2) is 0 Å². The summed E-state index contributed by atoms with van der Waals surface area (Å²) in [5, 5.41) is 3.55. The molecule has 1 aromatic rings. The van der Waals surface area contributed by atoms with Crippen LogP contribution in [0.15, 0.2) is 30.3 Å². The van der Waals surface area contributed by atoms with Crippen LogP contribution in [-0.2, 0) is 6.42 Å². The lowest BCUT2D eigenvalue weighted by Crippen LogP contribution is -2.34. The van der Waals surface area contributed by atoms with Crippen LogP contribution in [0, 0.1) is 11.8 Å². The predicted molar refractivity (Wildman–Crippen MR) is 113 cm³/mol. The van der Waals surface area contributed by atoms with E-state index in [1.165, 1.54) is 109 Å². The smallest absolute Gasteiger partial charge is 0.00161 e. The normalized spacial score (nSPS) is 22.5. The van der Waals surface area contributed by atoms with Gasteiger partial charge in [-0.05, 0) is 101 Å². The molecule has 0 bridgehead atoms. The van der Waals surface area contributed by atoms with Gasteiger partial charge < -0.3 is 10.2 Å². The molecule has 2 heteroatoms. The van der Waals surface area contributed by atoms with Crippen LogP contribution >= 0.6 is 0 Å². The summed E-state index contributed by atoms with van der Waals surface area (Å²) in [5.74, 6) is 1.95. The molecule has 0 spiro atoms. The Kier molecular flexibility index (Phi) is 9.00. The first-order valence-electron chi connectivity index (χ1n) is 11.4. The minimum absolute atomic E-state index is 0.968. The second-order valence-electron chi connectivity index (χ2n) is 8.72. The Morgan fingerprint density at radius 2 is 1.65 bits per heavy atom. The third-order valence-electron chi connectivity index (χ3n) is 6.61. The molecule has 0 saturated carbocycles. The Bertz CT molecular complexity index is 458. The summed E-state index contributed by atoms with van der Waals surface area (Å²) in [5.41, 5.74) is 1.51. The number of nitrogens with zero attached hydrogens (tertiary/aromatic N) is 1. The number of unbranched alkanes of at least 4 members (excludes halogenated alkanes) is 2. The van der Waals surface area contributed by atoms with E-state index >= 15 is 0 Å². The van der Waals surface area contributed by atoms with Gasteiger partial charge in [0, 0.05) is 0 Å². The lowest BCUT2D eigenvalue weighted by molar-refractivity contribution is 0.174. The fraction of sp³-hybridized carbons (Fsp3) is 0.750. The van der Waals surface area contributed by atoms with Crippen molar-refractivity contribution in [3.8, 4) is 0 Å². The average Bonchev–Trinajstić information content (AvgIpc) is 2.70. The summed E-state index contributed by atoms with van der Waals surface area (Å²) in [6.07, 6.45) is 15.5. The SMILES string of the molecule is c1ccc(CCCC2CCN(CCCCCC3CCCNC3)CC2)cc1. The zero-order chi connectivity index (χ0) is 17.9. The van der Waals surface area contributed by atoms with E-state index in [9.17, 15) is 0 Å². The van der Waals surface area contributed by atoms with Crippen molar-refractivity contribution in [3.63, 3.8) is 0 Å². The molecular weight excluding hydrogens is 316 g/mol. The first-order chi connectivity index (χ1) is 12.9. The summed E-state index contributed by atoms with van der Waals surface area (Å²) in [6.45, 7) is 6.57. The Morgan fingerprint density at radius 1 is 0.846 bits per heavy atom. The van der Waals surface area contributed by atoms with Crippen LogP contribution in [0.4, 0.5) is 0 Å². The van der Waals surface area contributed by atoms with Crippen molar-refractivity contribution in [3.05, 3.63) is 35.9 Å². The van der Waals surface area contributed by atoms with Crippen molar-refractivity contribution in [1.29, 1.82) is 0 Å². The van der Waals surface area contributed by atoms with Crippen LogP contribution in [0.25, 0.3) is 0 Å². The van der Waals surface area contributed by atoms with Crippen LogP contribution < -0.4 is 5.32 Å². The highest BCUT2D eigenvalue weighted by Crippen LogP contribution is 2.23. The Morgan fingerprint density at radius 3 is 2.42 bits per heavy atom. The number of rotatable bonds is 10. The highest BCUT2D eigenvalue weighted by molar-refractivity contribution is 5.14. The van der Waals surface area contributed by atoms with Gasteiger partial charge in [0.1, 0.15) is 0 Å². The monoisotopic (exact) mass is 356 g/mol. The first-order valence-corrected chi connectivity index (χ1v) is 11.4. The number of piperidine rings is 2. The van der Waals surface area contributed by atoms with Crippen molar-refractivity contribution in [2.24, 2.45) is 11.8 Å². The van der Waals surface area contributed by atoms with Gasteiger partial charge in [-0.15, -0.1) is 0 Å². The van der Waals surface area contributed by atoms with Crippen molar-refractivity contribution < 1.29 is 0 Å². The van der Waals surface area contributed by atoms with Crippen LogP contribution in [0.5, 0.6) is 0 Å². The van der Waals surface area contributed by atoms with Gasteiger partial charge in [-0.3, -0.25) is 0 Å². The van der Waals surface area contributed by atoms with Crippen LogP contribution in [0.2, 0.25) is 0 Å². The lowest BCUT2D eigenvalue weighted by atomic mass is 9.90. The Labute approximate surface area is 161 Å². The predicted octanol–water partition coefficient (Wildman–Crippen LogP) is 5.28. The summed E-state index contributed by atoms with van der Waals surface area (Å²) < 4.78 is 0. The number of aryl methyl sites for hydroxylation is 1. The van der Waals surface area contributed by atoms with E-state index in [2.05, 4.69) is 40.5 Å². The topological polar surface area (TPSA) is 15.3 Å². The molecule has 146 valence electrons. The van der Waals surface area contributed by atoms with Gasteiger partial charge in [0.25, 0.3) is 0 Å². The minimum atomic E-state index is 0.968. The van der Waals surface area contributed by atoms with Crippen molar-refractivity contribution in [2.75, 3.05) is 32.7 Å². The summed E-state index contributed by atoms with van der Waals surface area (Å²) in [6, 6.07) is 11.0. The summed E-state index contributed by atoms with van der Waals surface area (Å²) in [7, 11) is 0. The van der Waals surface area contributed by atoms with Crippen LogP contribution in [0.3, 0.4) is 0 Å². The van der Waals surface area contributed by atoms with E-state index in [0.717, 1.165) is 11.8 Å². The van der Waals surface area contributed by atoms with Crippen molar-refractivity contribution in [1.82, 2.24) is 10.2 Å². The maximum Gasteiger partial charge on any atom is -0.00161 e. The van der Waals surface area contributed by atoms with Crippen LogP contribution in [0.1, 0.15) is 69.8 Å². The number of likely N-dealkylation sites (tertiary alicyclic amines) is 1. The molecule has 2 aliphatic heterocycles. The van der Waals surface area contributed by atoms with Gasteiger partial charge in [-0.25, -0.2) is 0 Å². The first kappa shape index (κ1) is 19.9. The van der Waals surface area contributed by atoms with Crippen LogP contribution in [-0.4, -0.2) is 37.6 Å². The van der Waals surface area contributed by atoms with E-state index in [0.29, 0.717) is 0 Å². The number of nitrogens with one attached hydrogen (secondary N) is 1. The molecule has 26 heavy (non-hydrogen) atoms. The van der Waals surface area contributed by atoms with Gasteiger partial charge >= 0.3 is 0 Å². The second kappa shape index (κ2) is 11.8. The van der Waals surface area contributed by atoms with E-state index in [1.807, 2.05) is 0 Å². The molecule has 0 aromatic heterocycles. The van der Waals surface area contributed by atoms with Gasteiger partial charge in [0.2, 0.25) is 0 Å². The standard InChI is InChI=1S/C24H40N2/c1-3-9-22(10-4-1)12-7-13-23-15-19-26(20-16-23)18-6-2-5-11-24-14-8-17-25-21-24/h1,3-4,9-10,23-25H,2,5-8,11-21H2. The molecule has 2 aliphatic rings. The molecule has 1 aromatic carbocycles. The highest BCUT2D eigenvalue weighted by Gasteiger charge is 2.18. The van der Waals surface area contributed by atoms with Crippen molar-refractivity contribution in [2.45, 2.75) is 70.6 Å². The molecule has 3 rings (SSSR count). The fourth-order valence-corrected chi connectivity index (χ4v) is 4.85. The van der Waals surface area contributed by atoms with Gasteiger partial charge in [0.05, 0.1) is 0 Å². The van der Waals surface area contributed by atoms with Gasteiger partial charge in [-0.2, -0.15) is 0 Å². The van der Waals surface area contributed by atoms with E-state index in [-0.39, 0.29) is 0 Å². The maximum absolute atomic E-state index is 3.55. The fourth-order valence-electron chi connectivity index (χ4n) is 4.85. The number of benzene rings is 1. The third kappa shape index (κ3) is 7.40. The molecular formula is C24H40N2. The third-order valence-corrected chi connectivity index (χ3v) is 6.61. The summed E-state index contributed by atoms with van der Waals surface area (Å²) >= 11 is 0. The molecule has 0 aliphatic carbocycles. The molecule has 2 fully saturated rings. The molecule has 1 unspecified atom stereocenters. The Balaban J connectivity index is 1.17. The minimum Gasteiger partial charge on any atom is -0.316 e. The molecule has 2 saturated heterocycles. The summed E-state index contributed by atoms with van der Waals surface area (Å²) in [4.78, 5) is 2.73. The largest absolute Gasteiger partial charge is 0.316 e. The zero-order valence-electron chi connectivity index (χ0n) is 16.8. The van der Waals surface area contributed by atoms with E-state index < -0.39 is 0 Å². The Hall–Kier alpha value is -0.860. The number of hydrogen-bond donors (Lipinski definition) is 1. The molecule has 0 amide bonds. The van der Waals surface area contributed by atoms with Crippen molar-refractivity contribution >= 4 is 0 Å². The number of hydrogen-bond acceptors (Lipinski definition) is 2. The van der Waals surface area contributed by atoms with E-state index in [1.54, 1.807) is 0 Å². The lowest BCUT2D eigenvalue weighted by Gasteiger charge is -2.32. The highest BCUT2D eigenvalue weighted by atomic mass is 15.1. The molecule has 2 heterocycles. The molecule has 1 N–H and O–H groups in total. The maximum atomic E-state index is 3.55. The zero-order valence-corrected chi connectivity index (χ0v) is 16.8. The van der Waals surface area contributed by atoms with Gasteiger partial charge in [-0.1, -0.05) is 49.6 Å². The van der Waals surface area contributed by atoms with E-state index in [4.69, 9.17) is 0 Å². The molecule has 2 nitrogen and oxygen atoms in total. The molecule has 1 atom stereocenters. The average molecular weight is 357 g/mol.